The molecule has 1 fully saturated rings. The van der Waals surface area contributed by atoms with Crippen molar-refractivity contribution in [2.24, 2.45) is 5.41 Å². The standard InChI is InChI=1S/C26H24F4N4O3/c27-18-3-6-22(21(10-18)26(28,29)30)34-20-4-1-16(2-5-20)12-33-24(36)25(7-8-37-15-25)11-23(35)17-9-19(31)14-32-13-17/h1-6,9-10,13-14,34H,7-8,11-12,15,31H2,(H,33,36)/t25-/m0/s1. The predicted octanol–water partition coefficient (Wildman–Crippen LogP) is 4.86. The number of Topliss-reactive ketones (excluding diaryl/α,β-unsaturated/α-hetero) is 1. The third-order valence-corrected chi connectivity index (χ3v) is 6.14. The number of pyridine rings is 1. The molecule has 4 N–H and O–H groups in total. The van der Waals surface area contributed by atoms with E-state index in [9.17, 15) is 27.2 Å². The highest BCUT2D eigenvalue weighted by Gasteiger charge is 2.44. The van der Waals surface area contributed by atoms with Gasteiger partial charge in [-0.2, -0.15) is 13.2 Å². The summed E-state index contributed by atoms with van der Waals surface area (Å²) in [4.78, 5) is 29.8. The molecule has 0 unspecified atom stereocenters. The Morgan fingerprint density at radius 1 is 1.08 bits per heavy atom. The normalized spacial score (nSPS) is 17.4. The molecule has 1 atom stereocenters. The first-order chi connectivity index (χ1) is 17.6. The van der Waals surface area contributed by atoms with Gasteiger partial charge in [-0.3, -0.25) is 14.6 Å². The molecule has 3 aromatic rings. The summed E-state index contributed by atoms with van der Waals surface area (Å²) < 4.78 is 58.5. The van der Waals surface area contributed by atoms with E-state index in [1.54, 1.807) is 24.3 Å². The van der Waals surface area contributed by atoms with E-state index in [2.05, 4.69) is 15.6 Å². The van der Waals surface area contributed by atoms with Crippen LogP contribution in [0.4, 0.5) is 34.6 Å². The molecule has 0 saturated carbocycles. The van der Waals surface area contributed by atoms with Gasteiger partial charge in [-0.1, -0.05) is 12.1 Å². The number of hydrogen-bond acceptors (Lipinski definition) is 6. The van der Waals surface area contributed by atoms with Gasteiger partial charge in [-0.15, -0.1) is 0 Å². The quantitative estimate of drug-likeness (QED) is 0.292. The summed E-state index contributed by atoms with van der Waals surface area (Å²) in [6.07, 6.45) is -1.58. The van der Waals surface area contributed by atoms with Gasteiger partial charge in [-0.25, -0.2) is 4.39 Å². The van der Waals surface area contributed by atoms with Crippen LogP contribution in [0, 0.1) is 11.2 Å². The summed E-state index contributed by atoms with van der Waals surface area (Å²) in [7, 11) is 0. The van der Waals surface area contributed by atoms with Gasteiger partial charge in [0.1, 0.15) is 5.82 Å². The Hall–Kier alpha value is -3.99. The molecular weight excluding hydrogens is 492 g/mol. The summed E-state index contributed by atoms with van der Waals surface area (Å²) in [6.45, 7) is 0.584. The second-order valence-electron chi connectivity index (χ2n) is 8.88. The van der Waals surface area contributed by atoms with Gasteiger partial charge in [0, 0.05) is 43.2 Å². The smallest absolute Gasteiger partial charge is 0.397 e. The third kappa shape index (κ3) is 6.23. The first-order valence-electron chi connectivity index (χ1n) is 11.4. The van der Waals surface area contributed by atoms with Crippen LogP contribution in [0.3, 0.4) is 0 Å². The van der Waals surface area contributed by atoms with Crippen molar-refractivity contribution in [2.45, 2.75) is 25.6 Å². The van der Waals surface area contributed by atoms with Crippen LogP contribution in [0.2, 0.25) is 0 Å². The number of nitrogens with two attached hydrogens (primary N) is 1. The molecule has 0 radical (unpaired) electrons. The second kappa shape index (κ2) is 10.6. The maximum Gasteiger partial charge on any atom is 0.418 e. The first-order valence-corrected chi connectivity index (χ1v) is 11.4. The van der Waals surface area contributed by atoms with Gasteiger partial charge >= 0.3 is 6.18 Å². The van der Waals surface area contributed by atoms with Gasteiger partial charge in [0.2, 0.25) is 5.91 Å². The average molecular weight is 516 g/mol. The van der Waals surface area contributed by atoms with E-state index < -0.39 is 23.0 Å². The number of ketones is 1. The average Bonchev–Trinajstić information content (AvgIpc) is 3.33. The summed E-state index contributed by atoms with van der Waals surface area (Å²) in [6, 6.07) is 10.3. The zero-order chi connectivity index (χ0) is 26.6. The fourth-order valence-electron chi connectivity index (χ4n) is 4.12. The predicted molar refractivity (Wildman–Crippen MR) is 128 cm³/mol. The van der Waals surface area contributed by atoms with Gasteiger partial charge in [-0.05, 0) is 48.4 Å². The number of amides is 1. The summed E-state index contributed by atoms with van der Waals surface area (Å²) >= 11 is 0. The van der Waals surface area contributed by atoms with Crippen LogP contribution in [0.5, 0.6) is 0 Å². The maximum absolute atomic E-state index is 13.3. The van der Waals surface area contributed by atoms with Crippen molar-refractivity contribution in [2.75, 3.05) is 24.3 Å². The fourth-order valence-corrected chi connectivity index (χ4v) is 4.12. The molecule has 0 bridgehead atoms. The Labute approximate surface area is 210 Å². The van der Waals surface area contributed by atoms with Gasteiger partial charge < -0.3 is 21.1 Å². The van der Waals surface area contributed by atoms with E-state index in [1.165, 1.54) is 18.5 Å². The van der Waals surface area contributed by atoms with Gasteiger partial charge in [0.25, 0.3) is 0 Å². The lowest BCUT2D eigenvalue weighted by molar-refractivity contribution is -0.137. The fraction of sp³-hybridized carbons (Fsp3) is 0.269. The number of hydrogen-bond donors (Lipinski definition) is 3. The molecule has 194 valence electrons. The molecule has 37 heavy (non-hydrogen) atoms. The van der Waals surface area contributed by atoms with E-state index >= 15 is 0 Å². The number of anilines is 3. The number of aromatic nitrogens is 1. The Morgan fingerprint density at radius 2 is 1.84 bits per heavy atom. The van der Waals surface area contributed by atoms with E-state index in [-0.39, 0.29) is 37.0 Å². The van der Waals surface area contributed by atoms with E-state index in [0.29, 0.717) is 41.6 Å². The van der Waals surface area contributed by atoms with Crippen molar-refractivity contribution in [1.82, 2.24) is 10.3 Å². The zero-order valence-corrected chi connectivity index (χ0v) is 19.6. The molecular formula is C26H24F4N4O3. The molecule has 2 heterocycles. The highest BCUT2D eigenvalue weighted by molar-refractivity contribution is 6.00. The maximum atomic E-state index is 13.3. The lowest BCUT2D eigenvalue weighted by atomic mass is 9.80. The van der Waals surface area contributed by atoms with Crippen molar-refractivity contribution in [3.8, 4) is 0 Å². The van der Waals surface area contributed by atoms with E-state index in [1.807, 2.05) is 0 Å². The van der Waals surface area contributed by atoms with Crippen LogP contribution in [-0.4, -0.2) is 29.9 Å². The van der Waals surface area contributed by atoms with Crippen molar-refractivity contribution < 1.29 is 31.9 Å². The number of alkyl halides is 3. The largest absolute Gasteiger partial charge is 0.418 e. The number of ether oxygens (including phenoxy) is 1. The highest BCUT2D eigenvalue weighted by atomic mass is 19.4. The number of nitrogens with one attached hydrogen (secondary N) is 2. The molecule has 7 nitrogen and oxygen atoms in total. The topological polar surface area (TPSA) is 106 Å². The number of carbonyl (C=O) groups excluding carboxylic acids is 2. The van der Waals surface area contributed by atoms with Crippen molar-refractivity contribution >= 4 is 28.8 Å². The zero-order valence-electron chi connectivity index (χ0n) is 19.6. The first kappa shape index (κ1) is 26.1. The molecule has 4 rings (SSSR count). The number of rotatable bonds is 8. The Bertz CT molecular complexity index is 1290. The lowest BCUT2D eigenvalue weighted by Crippen LogP contribution is -2.42. The highest BCUT2D eigenvalue weighted by Crippen LogP contribution is 2.37. The Morgan fingerprint density at radius 3 is 2.49 bits per heavy atom. The molecule has 11 heteroatoms. The SMILES string of the molecule is Nc1cncc(C(=O)C[C@@]2(C(=O)NCc3ccc(Nc4ccc(F)cc4C(F)(F)F)cc3)CCOC2)c1. The third-order valence-electron chi connectivity index (χ3n) is 6.14. The lowest BCUT2D eigenvalue weighted by Gasteiger charge is -2.25. The van der Waals surface area contributed by atoms with Crippen LogP contribution < -0.4 is 16.4 Å². The summed E-state index contributed by atoms with van der Waals surface area (Å²) in [5, 5.41) is 5.48. The van der Waals surface area contributed by atoms with Crippen molar-refractivity contribution in [1.29, 1.82) is 0 Å². The van der Waals surface area contributed by atoms with E-state index in [0.717, 1.165) is 12.1 Å². The molecule has 1 saturated heterocycles. The monoisotopic (exact) mass is 516 g/mol. The van der Waals surface area contributed by atoms with E-state index in [4.69, 9.17) is 10.5 Å². The summed E-state index contributed by atoms with van der Waals surface area (Å²) in [5.74, 6) is -1.59. The van der Waals surface area contributed by atoms with Crippen LogP contribution >= 0.6 is 0 Å². The number of benzene rings is 2. The number of nitrogens with zero attached hydrogens (tertiary/aromatic N) is 1. The molecule has 0 spiro atoms. The molecule has 1 aliphatic heterocycles. The molecule has 2 aromatic carbocycles. The van der Waals surface area contributed by atoms with Crippen LogP contribution in [0.1, 0.15) is 34.3 Å². The Kier molecular flexibility index (Phi) is 7.44. The van der Waals surface area contributed by atoms with Crippen LogP contribution in [0.15, 0.2) is 60.9 Å². The minimum Gasteiger partial charge on any atom is -0.397 e. The number of carbonyl (C=O) groups is 2. The van der Waals surface area contributed by atoms with Gasteiger partial charge in [0.05, 0.1) is 29.0 Å². The van der Waals surface area contributed by atoms with Crippen LogP contribution in [0.25, 0.3) is 0 Å². The molecule has 1 amide bonds. The van der Waals surface area contributed by atoms with Crippen LogP contribution in [-0.2, 0) is 22.3 Å². The van der Waals surface area contributed by atoms with Crippen molar-refractivity contribution in [3.05, 3.63) is 83.4 Å². The van der Waals surface area contributed by atoms with Gasteiger partial charge in [0.15, 0.2) is 5.78 Å². The molecule has 0 aliphatic carbocycles. The summed E-state index contributed by atoms with van der Waals surface area (Å²) in [5.41, 5.74) is 4.99. The minimum atomic E-state index is -4.72. The number of nitrogen functional groups attached to an aromatic ring is 1. The Balaban J connectivity index is 1.40. The second-order valence-corrected chi connectivity index (χ2v) is 8.88. The van der Waals surface area contributed by atoms with Crippen molar-refractivity contribution in [3.63, 3.8) is 0 Å². The minimum absolute atomic E-state index is 0.0635. The number of halogens is 4. The molecule has 1 aromatic heterocycles. The molecule has 1 aliphatic rings.